The zero-order valence-electron chi connectivity index (χ0n) is 32.4. The largest absolute Gasteiger partial charge is 0.472 e. The van der Waals surface area contributed by atoms with Crippen molar-refractivity contribution in [3.05, 3.63) is 36.5 Å². The number of carbonyl (C=O) groups is 1. The highest BCUT2D eigenvalue weighted by Gasteiger charge is 2.25. The standard InChI is InChI=1S/C41H78NO7P/c1-3-5-7-9-11-13-15-16-17-18-19-20-21-22-23-25-27-29-31-33-36-46-38-40(39-48-50(44,45)47-37-35-42)49-41(43)34-32-30-28-26-24-14-12-10-8-6-4-2/h11,13,16-17,19-20,40H,3-10,12,14-15,18,21-39,42H2,1-2H3,(H,44,45)/b13-11-,17-16-,20-19-. The lowest BCUT2D eigenvalue weighted by Crippen LogP contribution is -2.28. The first-order valence-corrected chi connectivity index (χ1v) is 22.0. The van der Waals surface area contributed by atoms with Crippen LogP contribution in [-0.4, -0.2) is 49.9 Å². The minimum Gasteiger partial charge on any atom is -0.457 e. The Hall–Kier alpha value is -1.28. The number of carbonyl (C=O) groups excluding carboxylic acids is 1. The maximum Gasteiger partial charge on any atom is 0.472 e. The lowest BCUT2D eigenvalue weighted by Gasteiger charge is -2.20. The molecule has 0 saturated heterocycles. The monoisotopic (exact) mass is 728 g/mol. The van der Waals surface area contributed by atoms with Gasteiger partial charge in [-0.1, -0.05) is 159 Å². The molecular formula is C41H78NO7P. The molecule has 2 unspecified atom stereocenters. The Morgan fingerprint density at radius 2 is 1.06 bits per heavy atom. The summed E-state index contributed by atoms with van der Waals surface area (Å²) >= 11 is 0. The van der Waals surface area contributed by atoms with E-state index in [1.807, 2.05) is 0 Å². The predicted molar refractivity (Wildman–Crippen MR) is 210 cm³/mol. The molecule has 0 saturated carbocycles. The molecule has 0 rings (SSSR count). The Bertz CT molecular complexity index is 864. The molecule has 0 aliphatic rings. The van der Waals surface area contributed by atoms with E-state index >= 15 is 0 Å². The van der Waals surface area contributed by atoms with E-state index in [9.17, 15) is 14.3 Å². The molecule has 0 radical (unpaired) electrons. The van der Waals surface area contributed by atoms with Crippen molar-refractivity contribution in [2.24, 2.45) is 5.73 Å². The van der Waals surface area contributed by atoms with Crippen molar-refractivity contribution in [2.75, 3.05) is 33.0 Å². The third-order valence-electron chi connectivity index (χ3n) is 8.56. The second kappa shape index (κ2) is 38.9. The highest BCUT2D eigenvalue weighted by atomic mass is 31.2. The average Bonchev–Trinajstić information content (AvgIpc) is 3.10. The van der Waals surface area contributed by atoms with Crippen LogP contribution in [0.1, 0.15) is 181 Å². The molecule has 9 heteroatoms. The van der Waals surface area contributed by atoms with Gasteiger partial charge in [-0.3, -0.25) is 13.8 Å². The number of esters is 1. The highest BCUT2D eigenvalue weighted by Crippen LogP contribution is 2.43. The number of allylic oxidation sites excluding steroid dienone is 6. The topological polar surface area (TPSA) is 117 Å². The van der Waals surface area contributed by atoms with Crippen molar-refractivity contribution >= 4 is 13.8 Å². The fraction of sp³-hybridized carbons (Fsp3) is 0.829. The summed E-state index contributed by atoms with van der Waals surface area (Å²) in [6, 6.07) is 0. The van der Waals surface area contributed by atoms with E-state index in [1.165, 1.54) is 109 Å². The smallest absolute Gasteiger partial charge is 0.457 e. The van der Waals surface area contributed by atoms with Gasteiger partial charge < -0.3 is 20.1 Å². The quantitative estimate of drug-likeness (QED) is 0.0278. The maximum atomic E-state index is 12.5. The van der Waals surface area contributed by atoms with Crippen molar-refractivity contribution in [2.45, 2.75) is 187 Å². The molecule has 0 aromatic heterocycles. The Kier molecular flexibility index (Phi) is 37.9. The van der Waals surface area contributed by atoms with Crippen molar-refractivity contribution < 1.29 is 32.8 Å². The van der Waals surface area contributed by atoms with E-state index in [0.29, 0.717) is 13.0 Å². The van der Waals surface area contributed by atoms with Crippen LogP contribution in [0.4, 0.5) is 0 Å². The maximum absolute atomic E-state index is 12.5. The first-order valence-electron chi connectivity index (χ1n) is 20.5. The van der Waals surface area contributed by atoms with Crippen LogP contribution in [0.15, 0.2) is 36.5 Å². The first kappa shape index (κ1) is 48.7. The second-order valence-electron chi connectivity index (χ2n) is 13.5. The highest BCUT2D eigenvalue weighted by molar-refractivity contribution is 7.47. The molecule has 0 aromatic rings. The Balaban J connectivity index is 4.03. The van der Waals surface area contributed by atoms with E-state index < -0.39 is 13.9 Å². The van der Waals surface area contributed by atoms with Crippen LogP contribution in [0.2, 0.25) is 0 Å². The fourth-order valence-electron chi connectivity index (χ4n) is 5.53. The van der Waals surface area contributed by atoms with Gasteiger partial charge in [0.1, 0.15) is 6.10 Å². The molecule has 0 aliphatic heterocycles. The molecule has 0 amide bonds. The van der Waals surface area contributed by atoms with Crippen molar-refractivity contribution in [1.82, 2.24) is 0 Å². The Labute approximate surface area is 308 Å². The number of rotatable bonds is 39. The van der Waals surface area contributed by atoms with Gasteiger partial charge in [0.15, 0.2) is 0 Å². The predicted octanol–water partition coefficient (Wildman–Crippen LogP) is 11.9. The molecule has 0 aliphatic carbocycles. The number of unbranched alkanes of at least 4 members (excludes halogenated alkanes) is 20. The molecule has 294 valence electrons. The van der Waals surface area contributed by atoms with Gasteiger partial charge in [-0.05, 0) is 51.4 Å². The van der Waals surface area contributed by atoms with Crippen molar-refractivity contribution in [3.8, 4) is 0 Å². The summed E-state index contributed by atoms with van der Waals surface area (Å²) in [5.41, 5.74) is 5.36. The molecule has 0 heterocycles. The van der Waals surface area contributed by atoms with Crippen molar-refractivity contribution in [1.29, 1.82) is 0 Å². The number of ether oxygens (including phenoxy) is 2. The van der Waals surface area contributed by atoms with Crippen LogP contribution in [-0.2, 0) is 27.9 Å². The van der Waals surface area contributed by atoms with Crippen LogP contribution in [0.5, 0.6) is 0 Å². The molecule has 0 aromatic carbocycles. The molecule has 0 bridgehead atoms. The van der Waals surface area contributed by atoms with Gasteiger partial charge in [0, 0.05) is 19.6 Å². The van der Waals surface area contributed by atoms with Gasteiger partial charge >= 0.3 is 13.8 Å². The number of phosphoric acid groups is 1. The number of hydrogen-bond acceptors (Lipinski definition) is 7. The van der Waals surface area contributed by atoms with Gasteiger partial charge in [0.05, 0.1) is 19.8 Å². The van der Waals surface area contributed by atoms with Crippen molar-refractivity contribution in [3.63, 3.8) is 0 Å². The summed E-state index contributed by atoms with van der Waals surface area (Å²) in [5, 5.41) is 0. The van der Waals surface area contributed by atoms with E-state index in [0.717, 1.165) is 51.4 Å². The average molecular weight is 728 g/mol. The normalized spacial score (nSPS) is 13.9. The number of phosphoric ester groups is 1. The summed E-state index contributed by atoms with van der Waals surface area (Å²) in [4.78, 5) is 22.4. The minimum atomic E-state index is -4.27. The van der Waals surface area contributed by atoms with E-state index in [2.05, 4.69) is 50.3 Å². The van der Waals surface area contributed by atoms with Gasteiger partial charge in [-0.15, -0.1) is 0 Å². The summed E-state index contributed by atoms with van der Waals surface area (Å²) in [6.45, 7) is 4.87. The van der Waals surface area contributed by atoms with E-state index in [1.54, 1.807) is 0 Å². The first-order chi connectivity index (χ1) is 24.4. The van der Waals surface area contributed by atoms with Crippen LogP contribution in [0, 0.1) is 0 Å². The van der Waals surface area contributed by atoms with Gasteiger partial charge in [0.25, 0.3) is 0 Å². The van der Waals surface area contributed by atoms with E-state index in [-0.39, 0.29) is 32.3 Å². The molecule has 0 spiro atoms. The van der Waals surface area contributed by atoms with Crippen LogP contribution in [0.25, 0.3) is 0 Å². The Morgan fingerprint density at radius 1 is 0.600 bits per heavy atom. The molecule has 3 N–H and O–H groups in total. The Morgan fingerprint density at radius 3 is 1.62 bits per heavy atom. The summed E-state index contributed by atoms with van der Waals surface area (Å²) in [5.74, 6) is -0.336. The molecule has 0 fully saturated rings. The molecule has 2 atom stereocenters. The van der Waals surface area contributed by atoms with E-state index in [4.69, 9.17) is 24.3 Å². The zero-order chi connectivity index (χ0) is 36.6. The van der Waals surface area contributed by atoms with Gasteiger partial charge in [-0.25, -0.2) is 4.57 Å². The summed E-state index contributed by atoms with van der Waals surface area (Å²) in [6.07, 6.45) is 43.0. The third-order valence-corrected chi connectivity index (χ3v) is 9.54. The molecule has 8 nitrogen and oxygen atoms in total. The second-order valence-corrected chi connectivity index (χ2v) is 15.0. The lowest BCUT2D eigenvalue weighted by molar-refractivity contribution is -0.154. The van der Waals surface area contributed by atoms with Crippen LogP contribution < -0.4 is 5.73 Å². The zero-order valence-corrected chi connectivity index (χ0v) is 33.3. The molecular weight excluding hydrogens is 649 g/mol. The fourth-order valence-corrected chi connectivity index (χ4v) is 6.30. The number of hydrogen-bond donors (Lipinski definition) is 2. The SMILES string of the molecule is CCCCC/C=C\C/C=C\C/C=C\CCCCCCCCCOCC(COP(=O)(O)OCCN)OC(=O)CCCCCCCCCCCCC. The van der Waals surface area contributed by atoms with Gasteiger partial charge in [0.2, 0.25) is 0 Å². The minimum absolute atomic E-state index is 0.0970. The van der Waals surface area contributed by atoms with Gasteiger partial charge in [-0.2, -0.15) is 0 Å². The van der Waals surface area contributed by atoms with Crippen LogP contribution >= 0.6 is 7.82 Å². The number of nitrogens with two attached hydrogens (primary N) is 1. The summed E-state index contributed by atoms with van der Waals surface area (Å²) in [7, 11) is -4.27. The van der Waals surface area contributed by atoms with Crippen LogP contribution in [0.3, 0.4) is 0 Å². The summed E-state index contributed by atoms with van der Waals surface area (Å²) < 4.78 is 33.3. The third kappa shape index (κ3) is 38.0. The lowest BCUT2D eigenvalue weighted by atomic mass is 10.1. The molecule has 50 heavy (non-hydrogen) atoms.